The van der Waals surface area contributed by atoms with E-state index in [4.69, 9.17) is 0 Å². The molecule has 0 aromatic rings. The summed E-state index contributed by atoms with van der Waals surface area (Å²) in [5.74, 6) is 0. The van der Waals surface area contributed by atoms with Crippen LogP contribution in [0.15, 0.2) is 0 Å². The first-order chi connectivity index (χ1) is 4.68. The van der Waals surface area contributed by atoms with Gasteiger partial charge in [-0.2, -0.15) is 0 Å². The third-order valence-electron chi connectivity index (χ3n) is 1.56. The van der Waals surface area contributed by atoms with E-state index in [9.17, 15) is 0 Å². The van der Waals surface area contributed by atoms with Gasteiger partial charge in [-0.15, -0.1) is 0 Å². The van der Waals surface area contributed by atoms with Crippen LogP contribution in [0.3, 0.4) is 0 Å². The van der Waals surface area contributed by atoms with E-state index in [1.807, 2.05) is 0 Å². The molecule has 1 aliphatic carbocycles. The summed E-state index contributed by atoms with van der Waals surface area (Å²) in [4.78, 5) is 0. The van der Waals surface area contributed by atoms with E-state index < -0.39 is 0 Å². The molecular formula is C8H17N2. The van der Waals surface area contributed by atoms with Crippen LogP contribution in [0.2, 0.25) is 0 Å². The fourth-order valence-electron chi connectivity index (χ4n) is 1.07. The summed E-state index contributed by atoms with van der Waals surface area (Å²) < 4.78 is 0. The van der Waals surface area contributed by atoms with Crippen molar-refractivity contribution in [1.82, 2.24) is 10.6 Å². The first kappa shape index (κ1) is 8.02. The second-order valence-electron chi connectivity index (χ2n) is 3.38. The second-order valence-corrected chi connectivity index (χ2v) is 3.38. The Kier molecular flexibility index (Phi) is 2.69. The summed E-state index contributed by atoms with van der Waals surface area (Å²) in [6.45, 7) is 6.43. The molecule has 0 bridgehead atoms. The molecule has 2 nitrogen and oxygen atoms in total. The Morgan fingerprint density at radius 1 is 1.30 bits per heavy atom. The van der Waals surface area contributed by atoms with Gasteiger partial charge in [0.2, 0.25) is 0 Å². The highest BCUT2D eigenvalue weighted by Gasteiger charge is 2.24. The Labute approximate surface area is 63.4 Å². The second kappa shape index (κ2) is 3.35. The van der Waals surface area contributed by atoms with E-state index >= 15 is 0 Å². The van der Waals surface area contributed by atoms with Crippen LogP contribution >= 0.6 is 0 Å². The zero-order valence-corrected chi connectivity index (χ0v) is 7.09. The molecule has 1 fully saturated rings. The van der Waals surface area contributed by atoms with Crippen molar-refractivity contribution in [2.45, 2.75) is 51.9 Å². The normalized spacial score (nSPS) is 21.6. The molecule has 10 heavy (non-hydrogen) atoms. The van der Waals surface area contributed by atoms with Crippen molar-refractivity contribution in [3.63, 3.8) is 0 Å². The molecule has 1 saturated carbocycles. The average Bonchev–Trinajstić information content (AvgIpc) is 2.46. The van der Waals surface area contributed by atoms with E-state index in [-0.39, 0.29) is 0 Å². The van der Waals surface area contributed by atoms with Crippen LogP contribution in [0.4, 0.5) is 0 Å². The van der Waals surface area contributed by atoms with Gasteiger partial charge in [-0.25, -0.2) is 5.32 Å². The van der Waals surface area contributed by atoms with Gasteiger partial charge in [0.1, 0.15) is 0 Å². The van der Waals surface area contributed by atoms with Crippen LogP contribution in [-0.2, 0) is 0 Å². The van der Waals surface area contributed by atoms with Gasteiger partial charge in [0.15, 0.2) is 0 Å². The van der Waals surface area contributed by atoms with Crippen molar-refractivity contribution < 1.29 is 0 Å². The lowest BCUT2D eigenvalue weighted by atomic mass is 10.3. The van der Waals surface area contributed by atoms with Crippen molar-refractivity contribution >= 4 is 0 Å². The lowest BCUT2D eigenvalue weighted by Crippen LogP contribution is -2.39. The van der Waals surface area contributed by atoms with Gasteiger partial charge < -0.3 is 0 Å². The summed E-state index contributed by atoms with van der Waals surface area (Å²) >= 11 is 0. The topological polar surface area (TPSA) is 26.1 Å². The van der Waals surface area contributed by atoms with Crippen molar-refractivity contribution in [1.29, 1.82) is 0 Å². The molecule has 1 N–H and O–H groups in total. The van der Waals surface area contributed by atoms with E-state index in [1.54, 1.807) is 0 Å². The maximum atomic E-state index is 4.52. The highest BCUT2D eigenvalue weighted by molar-refractivity contribution is 4.82. The summed E-state index contributed by atoms with van der Waals surface area (Å²) in [6.07, 6.45) is 2.97. The van der Waals surface area contributed by atoms with Gasteiger partial charge in [0, 0.05) is 12.1 Å². The van der Waals surface area contributed by atoms with Crippen LogP contribution in [0.1, 0.15) is 33.6 Å². The fraction of sp³-hybridized carbons (Fsp3) is 1.00. The molecule has 0 spiro atoms. The van der Waals surface area contributed by atoms with Crippen molar-refractivity contribution in [3.8, 4) is 0 Å². The van der Waals surface area contributed by atoms with E-state index in [0.717, 1.165) is 0 Å². The molecule has 0 aliphatic heterocycles. The summed E-state index contributed by atoms with van der Waals surface area (Å²) in [7, 11) is 0. The zero-order chi connectivity index (χ0) is 7.56. The predicted octanol–water partition coefficient (Wildman–Crippen LogP) is 1.10. The molecular weight excluding hydrogens is 124 g/mol. The molecule has 1 aliphatic rings. The van der Waals surface area contributed by atoms with Crippen LogP contribution in [-0.4, -0.2) is 18.2 Å². The van der Waals surface area contributed by atoms with Crippen LogP contribution in [0.25, 0.3) is 0 Å². The first-order valence-corrected chi connectivity index (χ1v) is 4.14. The average molecular weight is 141 g/mol. The molecule has 1 unspecified atom stereocenters. The fourth-order valence-corrected chi connectivity index (χ4v) is 1.07. The van der Waals surface area contributed by atoms with Crippen LogP contribution in [0.5, 0.6) is 0 Å². The molecule has 0 aromatic carbocycles. The highest BCUT2D eigenvalue weighted by Crippen LogP contribution is 2.20. The van der Waals surface area contributed by atoms with Gasteiger partial charge in [-0.3, -0.25) is 5.32 Å². The van der Waals surface area contributed by atoms with Gasteiger partial charge >= 0.3 is 0 Å². The number of nitrogens with zero attached hydrogens (tertiary/aromatic N) is 1. The molecule has 2 heteroatoms. The number of rotatable bonds is 4. The highest BCUT2D eigenvalue weighted by atomic mass is 15.1. The predicted molar refractivity (Wildman–Crippen MR) is 42.9 cm³/mol. The molecule has 1 atom stereocenters. The maximum absolute atomic E-state index is 4.52. The minimum Gasteiger partial charge on any atom is -0.299 e. The van der Waals surface area contributed by atoms with Gasteiger partial charge in [0.25, 0.3) is 0 Å². The third kappa shape index (κ3) is 3.18. The van der Waals surface area contributed by atoms with Gasteiger partial charge in [-0.05, 0) is 33.6 Å². The molecule has 0 saturated heterocycles. The first-order valence-electron chi connectivity index (χ1n) is 4.14. The largest absolute Gasteiger partial charge is 0.299 e. The van der Waals surface area contributed by atoms with Gasteiger partial charge in [0.05, 0.1) is 6.17 Å². The lowest BCUT2D eigenvalue weighted by Gasteiger charge is -2.15. The third-order valence-corrected chi connectivity index (χ3v) is 1.56. The molecule has 0 amide bonds. The van der Waals surface area contributed by atoms with Gasteiger partial charge in [-0.1, -0.05) is 0 Å². The standard InChI is InChI=1S/C8H17N2/c1-6(2)9-7(3)10-8-4-5-8/h6-9H,4-5H2,1-3H3. The summed E-state index contributed by atoms with van der Waals surface area (Å²) in [5.41, 5.74) is 0. The molecule has 0 heterocycles. The summed E-state index contributed by atoms with van der Waals surface area (Å²) in [6, 6.07) is 1.23. The Morgan fingerprint density at radius 2 is 1.90 bits per heavy atom. The lowest BCUT2D eigenvalue weighted by molar-refractivity contribution is 0.408. The molecule has 1 rings (SSSR count). The number of hydrogen-bond donors (Lipinski definition) is 1. The van der Waals surface area contributed by atoms with Crippen molar-refractivity contribution in [2.24, 2.45) is 0 Å². The Balaban J connectivity index is 2.02. The summed E-state index contributed by atoms with van der Waals surface area (Å²) in [5, 5.41) is 7.86. The minimum atomic E-state index is 0.354. The molecule has 59 valence electrons. The monoisotopic (exact) mass is 141 g/mol. The van der Waals surface area contributed by atoms with E-state index in [1.165, 1.54) is 12.8 Å². The molecule has 1 radical (unpaired) electrons. The van der Waals surface area contributed by atoms with Crippen molar-refractivity contribution in [3.05, 3.63) is 0 Å². The van der Waals surface area contributed by atoms with Crippen LogP contribution in [0, 0.1) is 0 Å². The minimum absolute atomic E-state index is 0.354. The maximum Gasteiger partial charge on any atom is 0.0712 e. The quantitative estimate of drug-likeness (QED) is 0.623. The molecule has 0 aromatic heterocycles. The van der Waals surface area contributed by atoms with E-state index in [2.05, 4.69) is 31.4 Å². The van der Waals surface area contributed by atoms with Crippen LogP contribution < -0.4 is 10.6 Å². The Hall–Kier alpha value is -0.0800. The Bertz CT molecular complexity index is 93.4. The Morgan fingerprint density at radius 3 is 2.30 bits per heavy atom. The number of nitrogens with one attached hydrogen (secondary N) is 1. The number of hydrogen-bond acceptors (Lipinski definition) is 1. The SMILES string of the molecule is CC(C)NC(C)[N]C1CC1. The zero-order valence-electron chi connectivity index (χ0n) is 7.09. The smallest absolute Gasteiger partial charge is 0.0712 e. The van der Waals surface area contributed by atoms with Crippen molar-refractivity contribution in [2.75, 3.05) is 0 Å². The van der Waals surface area contributed by atoms with E-state index in [0.29, 0.717) is 18.2 Å².